The fraction of sp³-hybridized carbons (Fsp3) is 0.0714. The number of nitrogens with zero attached hydrogens (tertiary/aromatic N) is 1. The zero-order valence-corrected chi connectivity index (χ0v) is 11.9. The Labute approximate surface area is 120 Å². The minimum absolute atomic E-state index is 0.0510. The quantitative estimate of drug-likeness (QED) is 0.703. The highest BCUT2D eigenvalue weighted by atomic mass is 32.2. The third-order valence-corrected chi connectivity index (χ3v) is 4.15. The molecule has 3 rings (SSSR count). The highest BCUT2D eigenvalue weighted by Crippen LogP contribution is 2.32. The molecule has 0 aliphatic carbocycles. The number of sulfone groups is 1. The van der Waals surface area contributed by atoms with E-state index in [1.165, 1.54) is 24.3 Å². The van der Waals surface area contributed by atoms with E-state index in [1.54, 1.807) is 12.1 Å². The maximum Gasteiger partial charge on any atom is 0.231 e. The molecule has 1 aromatic heterocycles. The van der Waals surface area contributed by atoms with E-state index in [0.717, 1.165) is 6.26 Å². The zero-order chi connectivity index (χ0) is 15.2. The largest absolute Gasteiger partial charge is 0.507 e. The van der Waals surface area contributed by atoms with Gasteiger partial charge in [-0.25, -0.2) is 13.4 Å². The summed E-state index contributed by atoms with van der Waals surface area (Å²) < 4.78 is 28.6. The summed E-state index contributed by atoms with van der Waals surface area (Å²) >= 11 is 0. The molecule has 0 amide bonds. The average Bonchev–Trinajstić information content (AvgIpc) is 2.79. The van der Waals surface area contributed by atoms with E-state index in [4.69, 9.17) is 10.2 Å². The van der Waals surface area contributed by atoms with Gasteiger partial charge in [-0.2, -0.15) is 0 Å². The minimum Gasteiger partial charge on any atom is -0.507 e. The van der Waals surface area contributed by atoms with Gasteiger partial charge in [0.1, 0.15) is 11.3 Å². The fourth-order valence-corrected chi connectivity index (χ4v) is 2.62. The van der Waals surface area contributed by atoms with E-state index in [2.05, 4.69) is 4.98 Å². The smallest absolute Gasteiger partial charge is 0.231 e. The number of oxazole rings is 1. The molecular formula is C14H12N2O4S. The first kappa shape index (κ1) is 13.4. The van der Waals surface area contributed by atoms with Crippen molar-refractivity contribution in [2.75, 3.05) is 12.0 Å². The van der Waals surface area contributed by atoms with Gasteiger partial charge >= 0.3 is 0 Å². The Morgan fingerprint density at radius 2 is 1.95 bits per heavy atom. The van der Waals surface area contributed by atoms with Crippen molar-refractivity contribution in [2.24, 2.45) is 0 Å². The predicted octanol–water partition coefficient (Wildman–Crippen LogP) is 2.19. The van der Waals surface area contributed by atoms with Crippen LogP contribution in [0.25, 0.3) is 22.6 Å². The van der Waals surface area contributed by atoms with E-state index in [9.17, 15) is 13.5 Å². The number of fused-ring (bicyclic) bond motifs is 1. The summed E-state index contributed by atoms with van der Waals surface area (Å²) in [4.78, 5) is 4.38. The van der Waals surface area contributed by atoms with Gasteiger partial charge in [0.05, 0.1) is 10.5 Å². The topological polar surface area (TPSA) is 106 Å². The number of nitrogen functional groups attached to an aromatic ring is 1. The molecule has 3 N–H and O–H groups in total. The van der Waals surface area contributed by atoms with Gasteiger partial charge in [-0.3, -0.25) is 0 Å². The molecule has 108 valence electrons. The molecule has 3 aromatic rings. The second-order valence-electron chi connectivity index (χ2n) is 4.70. The Kier molecular flexibility index (Phi) is 2.87. The average molecular weight is 304 g/mol. The number of phenolic OH excluding ortho intramolecular Hbond substituents is 1. The van der Waals surface area contributed by atoms with E-state index >= 15 is 0 Å². The molecule has 2 aromatic carbocycles. The van der Waals surface area contributed by atoms with Gasteiger partial charge in [0.15, 0.2) is 15.4 Å². The summed E-state index contributed by atoms with van der Waals surface area (Å²) in [6.07, 6.45) is 1.13. The second-order valence-corrected chi connectivity index (χ2v) is 6.71. The lowest BCUT2D eigenvalue weighted by Gasteiger charge is -2.00. The Morgan fingerprint density at radius 3 is 2.62 bits per heavy atom. The molecule has 0 unspecified atom stereocenters. The molecule has 0 bridgehead atoms. The molecule has 0 atom stereocenters. The lowest BCUT2D eigenvalue weighted by molar-refractivity contribution is 0.474. The van der Waals surface area contributed by atoms with E-state index in [1.807, 2.05) is 0 Å². The van der Waals surface area contributed by atoms with Crippen molar-refractivity contribution in [2.45, 2.75) is 4.90 Å². The summed E-state index contributed by atoms with van der Waals surface area (Å²) in [5.41, 5.74) is 7.23. The Balaban J connectivity index is 2.17. The van der Waals surface area contributed by atoms with E-state index in [0.29, 0.717) is 22.4 Å². The lowest BCUT2D eigenvalue weighted by Crippen LogP contribution is -1.96. The van der Waals surface area contributed by atoms with Gasteiger partial charge in [-0.05, 0) is 30.3 Å². The van der Waals surface area contributed by atoms with E-state index in [-0.39, 0.29) is 16.5 Å². The highest BCUT2D eigenvalue weighted by molar-refractivity contribution is 7.90. The number of anilines is 1. The molecule has 7 heteroatoms. The molecule has 1 heterocycles. The summed E-state index contributed by atoms with van der Waals surface area (Å²) in [5.74, 6) is 0.151. The minimum atomic E-state index is -3.31. The van der Waals surface area contributed by atoms with Gasteiger partial charge in [0.25, 0.3) is 0 Å². The van der Waals surface area contributed by atoms with Gasteiger partial charge in [-0.15, -0.1) is 0 Å². The summed E-state index contributed by atoms with van der Waals surface area (Å²) in [7, 11) is -3.31. The number of benzene rings is 2. The number of aromatic nitrogens is 1. The number of hydrogen-bond acceptors (Lipinski definition) is 6. The molecule has 0 spiro atoms. The van der Waals surface area contributed by atoms with Crippen LogP contribution >= 0.6 is 0 Å². The van der Waals surface area contributed by atoms with Crippen molar-refractivity contribution in [3.63, 3.8) is 0 Å². The Hall–Kier alpha value is -2.54. The maximum absolute atomic E-state index is 11.5. The lowest BCUT2D eigenvalue weighted by atomic mass is 10.2. The van der Waals surface area contributed by atoms with Crippen LogP contribution in [-0.2, 0) is 9.84 Å². The van der Waals surface area contributed by atoms with Gasteiger partial charge in [0, 0.05) is 18.0 Å². The fourth-order valence-electron chi connectivity index (χ4n) is 1.98. The maximum atomic E-state index is 11.5. The molecule has 0 saturated heterocycles. The normalized spacial score (nSPS) is 11.9. The van der Waals surface area contributed by atoms with Crippen LogP contribution < -0.4 is 5.73 Å². The number of aromatic hydroxyl groups is 1. The summed E-state index contributed by atoms with van der Waals surface area (Å²) in [6.45, 7) is 0. The third kappa shape index (κ3) is 2.43. The van der Waals surface area contributed by atoms with Crippen molar-refractivity contribution in [1.29, 1.82) is 0 Å². The first-order chi connectivity index (χ1) is 9.84. The van der Waals surface area contributed by atoms with Crippen LogP contribution in [0.4, 0.5) is 5.69 Å². The summed E-state index contributed by atoms with van der Waals surface area (Å²) in [5, 5.41) is 9.88. The summed E-state index contributed by atoms with van der Waals surface area (Å²) in [6, 6.07) is 9.03. The Bertz CT molecular complexity index is 945. The number of nitrogens with two attached hydrogens (primary N) is 1. The van der Waals surface area contributed by atoms with Gasteiger partial charge in [-0.1, -0.05) is 0 Å². The third-order valence-electron chi connectivity index (χ3n) is 3.04. The molecular weight excluding hydrogens is 292 g/mol. The number of hydrogen-bond donors (Lipinski definition) is 2. The van der Waals surface area contributed by atoms with Crippen LogP contribution in [0.2, 0.25) is 0 Å². The molecule has 0 fully saturated rings. The van der Waals surface area contributed by atoms with Crippen molar-refractivity contribution < 1.29 is 17.9 Å². The van der Waals surface area contributed by atoms with E-state index < -0.39 is 9.84 Å². The van der Waals surface area contributed by atoms with Crippen LogP contribution in [0.3, 0.4) is 0 Å². The van der Waals surface area contributed by atoms with Crippen molar-refractivity contribution in [1.82, 2.24) is 4.98 Å². The highest BCUT2D eigenvalue weighted by Gasteiger charge is 2.15. The molecule has 6 nitrogen and oxygen atoms in total. The van der Waals surface area contributed by atoms with Crippen molar-refractivity contribution in [3.8, 4) is 17.2 Å². The predicted molar refractivity (Wildman–Crippen MR) is 78.6 cm³/mol. The zero-order valence-electron chi connectivity index (χ0n) is 11.1. The first-order valence-corrected chi connectivity index (χ1v) is 7.93. The molecule has 0 saturated carbocycles. The molecule has 0 aliphatic heterocycles. The van der Waals surface area contributed by atoms with Crippen LogP contribution in [0, 0.1) is 0 Å². The standard InChI is InChI=1S/C14H12N2O4S/c1-21(18,19)9-3-5-13-11(7-9)16-14(20-13)10-4-2-8(15)6-12(10)17/h2-7,17H,15H2,1H3. The number of phenols is 1. The molecule has 0 aliphatic rings. The SMILES string of the molecule is CS(=O)(=O)c1ccc2oc(-c3ccc(N)cc3O)nc2c1. The van der Waals surface area contributed by atoms with Crippen LogP contribution in [0.1, 0.15) is 0 Å². The van der Waals surface area contributed by atoms with Gasteiger partial charge < -0.3 is 15.3 Å². The van der Waals surface area contributed by atoms with Crippen molar-refractivity contribution >= 4 is 26.6 Å². The van der Waals surface area contributed by atoms with Crippen LogP contribution in [0.5, 0.6) is 5.75 Å². The monoisotopic (exact) mass is 304 g/mol. The van der Waals surface area contributed by atoms with Gasteiger partial charge in [0.2, 0.25) is 5.89 Å². The first-order valence-electron chi connectivity index (χ1n) is 6.04. The molecule has 0 radical (unpaired) electrons. The van der Waals surface area contributed by atoms with Crippen molar-refractivity contribution in [3.05, 3.63) is 36.4 Å². The second kappa shape index (κ2) is 4.49. The number of rotatable bonds is 2. The molecule has 21 heavy (non-hydrogen) atoms. The van der Waals surface area contributed by atoms with Crippen LogP contribution in [-0.4, -0.2) is 24.8 Å². The Morgan fingerprint density at radius 1 is 1.19 bits per heavy atom. The van der Waals surface area contributed by atoms with Crippen LogP contribution in [0.15, 0.2) is 45.7 Å².